The summed E-state index contributed by atoms with van der Waals surface area (Å²) in [5.41, 5.74) is 5.64. The smallest absolute Gasteiger partial charge is 0.304 e. The van der Waals surface area contributed by atoms with Gasteiger partial charge in [-0.25, -0.2) is 10.0 Å². The number of carboxylic acids is 2. The van der Waals surface area contributed by atoms with Gasteiger partial charge in [0.25, 0.3) is 0 Å². The summed E-state index contributed by atoms with van der Waals surface area (Å²) in [6.45, 7) is 16.8. The normalized spacial score (nSPS) is 12.8. The molecule has 0 spiro atoms. The lowest BCUT2D eigenvalue weighted by Crippen LogP contribution is -2.22. The Morgan fingerprint density at radius 3 is 1.26 bits per heavy atom. The fourth-order valence-electron chi connectivity index (χ4n) is 5.81. The van der Waals surface area contributed by atoms with E-state index in [2.05, 4.69) is 79.7 Å². The number of hydrogen-bond acceptors (Lipinski definition) is 4. The zero-order chi connectivity index (χ0) is 32.6. The molecular weight excluding hydrogens is 560 g/mol. The van der Waals surface area contributed by atoms with Gasteiger partial charge in [-0.15, -0.1) is 0 Å². The van der Waals surface area contributed by atoms with Crippen LogP contribution in [0.1, 0.15) is 114 Å². The van der Waals surface area contributed by atoms with Crippen LogP contribution < -0.4 is 0 Å². The summed E-state index contributed by atoms with van der Waals surface area (Å²) >= 11 is 0. The summed E-state index contributed by atoms with van der Waals surface area (Å²) in [5.74, 6) is 1.42. The van der Waals surface area contributed by atoms with Gasteiger partial charge in [-0.3, -0.25) is 9.59 Å². The summed E-state index contributed by atoms with van der Waals surface area (Å²) in [6.07, 6.45) is 4.59. The zero-order valence-corrected chi connectivity index (χ0v) is 28.6. The van der Waals surface area contributed by atoms with Gasteiger partial charge in [0, 0.05) is 0 Å². The molecule has 2 aromatic rings. The molecule has 0 unspecified atom stereocenters. The summed E-state index contributed by atoms with van der Waals surface area (Å²) < 4.78 is 0. The third-order valence-electron chi connectivity index (χ3n) is 8.47. The molecule has 242 valence electrons. The highest BCUT2D eigenvalue weighted by Crippen LogP contribution is 2.51. The van der Waals surface area contributed by atoms with Crippen molar-refractivity contribution >= 4 is 22.0 Å². The van der Waals surface area contributed by atoms with Crippen LogP contribution in [-0.4, -0.2) is 55.4 Å². The Balaban J connectivity index is 2.36. The number of hydrogen-bond donors (Lipinski definition) is 4. The summed E-state index contributed by atoms with van der Waals surface area (Å²) in [5, 5.41) is 41.5. The first kappa shape index (κ1) is 36.5. The van der Waals surface area contributed by atoms with E-state index in [1.54, 1.807) is 0 Å². The van der Waals surface area contributed by atoms with Crippen molar-refractivity contribution in [1.29, 1.82) is 0 Å². The van der Waals surface area contributed by atoms with E-state index in [1.807, 2.05) is 0 Å². The Kier molecular flexibility index (Phi) is 13.0. The molecule has 0 saturated heterocycles. The van der Waals surface area contributed by atoms with Crippen molar-refractivity contribution < 1.29 is 30.0 Å². The molecule has 0 atom stereocenters. The molecule has 6 nitrogen and oxygen atoms in total. The number of aryl methyl sites for hydroxylation is 4. The van der Waals surface area contributed by atoms with Crippen molar-refractivity contribution in [3.63, 3.8) is 0 Å². The molecule has 7 heteroatoms. The Morgan fingerprint density at radius 1 is 0.628 bits per heavy atom. The number of phenols is 2. The van der Waals surface area contributed by atoms with Gasteiger partial charge in [0.15, 0.2) is 0 Å². The quantitative estimate of drug-likeness (QED) is 0.151. The highest BCUT2D eigenvalue weighted by molar-refractivity contribution is 8.33. The molecule has 0 amide bonds. The fourth-order valence-corrected chi connectivity index (χ4v) is 9.76. The van der Waals surface area contributed by atoms with Crippen molar-refractivity contribution in [1.82, 2.24) is 0 Å². The number of rotatable bonds is 16. The lowest BCUT2D eigenvalue weighted by Gasteiger charge is -2.40. The molecule has 0 aliphatic rings. The maximum atomic E-state index is 11.7. The van der Waals surface area contributed by atoms with Crippen molar-refractivity contribution in [2.24, 2.45) is 0 Å². The van der Waals surface area contributed by atoms with E-state index in [0.717, 1.165) is 59.4 Å². The fraction of sp³-hybridized carbons (Fsp3) is 0.611. The van der Waals surface area contributed by atoms with Crippen LogP contribution in [0, 0.1) is 0 Å². The van der Waals surface area contributed by atoms with E-state index < -0.39 is 22.0 Å². The van der Waals surface area contributed by atoms with Crippen LogP contribution in [0.15, 0.2) is 24.3 Å². The van der Waals surface area contributed by atoms with E-state index in [1.165, 1.54) is 11.1 Å². The molecule has 0 bridgehead atoms. The van der Waals surface area contributed by atoms with Gasteiger partial charge in [-0.2, -0.15) is 0 Å². The molecule has 43 heavy (non-hydrogen) atoms. The zero-order valence-electron chi connectivity index (χ0n) is 27.8. The highest BCUT2D eigenvalue weighted by atomic mass is 32.3. The Hall–Kier alpha value is -2.67. The number of phenolic OH excluding ortho intramolecular Hbond substituents is 2. The lowest BCUT2D eigenvalue weighted by molar-refractivity contribution is -0.137. The van der Waals surface area contributed by atoms with Gasteiger partial charge < -0.3 is 20.4 Å². The number of aliphatic carboxylic acids is 2. The molecule has 2 aromatic carbocycles. The van der Waals surface area contributed by atoms with Crippen LogP contribution in [0.3, 0.4) is 0 Å². The number of carboxylic acid groups (broad SMARTS) is 2. The van der Waals surface area contributed by atoms with Gasteiger partial charge in [0.1, 0.15) is 11.5 Å². The summed E-state index contributed by atoms with van der Waals surface area (Å²) in [7, 11) is -1.59. The van der Waals surface area contributed by atoms with E-state index in [0.29, 0.717) is 35.8 Å². The molecule has 0 aromatic heterocycles. The van der Waals surface area contributed by atoms with Crippen LogP contribution in [0.4, 0.5) is 0 Å². The van der Waals surface area contributed by atoms with Gasteiger partial charge in [0.2, 0.25) is 0 Å². The molecular formula is C36H56O6S. The minimum absolute atomic E-state index is 0.0183. The average Bonchev–Trinajstić information content (AvgIpc) is 2.91. The molecule has 0 saturated carbocycles. The summed E-state index contributed by atoms with van der Waals surface area (Å²) in [4.78, 5) is 23.4. The maximum absolute atomic E-state index is 11.7. The molecule has 0 radical (unpaired) electrons. The van der Waals surface area contributed by atoms with E-state index >= 15 is 0 Å². The summed E-state index contributed by atoms with van der Waals surface area (Å²) in [6, 6.07) is 8.32. The lowest BCUT2D eigenvalue weighted by atomic mass is 9.83. The molecule has 0 heterocycles. The minimum atomic E-state index is -1.59. The second-order valence-electron chi connectivity index (χ2n) is 14.0. The second-order valence-corrected chi connectivity index (χ2v) is 18.1. The first-order valence-electron chi connectivity index (χ1n) is 15.8. The number of carbonyl (C=O) groups is 2. The Bertz CT molecular complexity index is 1150. The third-order valence-corrected chi connectivity index (χ3v) is 12.9. The number of aromatic hydroxyl groups is 2. The molecule has 0 aliphatic heterocycles. The van der Waals surface area contributed by atoms with E-state index in [4.69, 9.17) is 0 Å². The predicted octanol–water partition coefficient (Wildman–Crippen LogP) is 8.14. The molecule has 0 aliphatic carbocycles. The highest BCUT2D eigenvalue weighted by Gasteiger charge is 2.28. The van der Waals surface area contributed by atoms with Crippen molar-refractivity contribution in [3.05, 3.63) is 57.6 Å². The van der Waals surface area contributed by atoms with Crippen LogP contribution in [-0.2, 0) is 46.1 Å². The second kappa shape index (κ2) is 15.4. The predicted molar refractivity (Wildman–Crippen MR) is 181 cm³/mol. The topological polar surface area (TPSA) is 115 Å². The van der Waals surface area contributed by atoms with Gasteiger partial charge in [-0.05, 0) is 106 Å². The molecule has 2 rings (SSSR count). The van der Waals surface area contributed by atoms with Crippen molar-refractivity contribution in [2.75, 3.05) is 23.0 Å². The standard InChI is InChI=1S/C36H56O6S/c1-9-25-21-27(33(41)29(23-25)35(3,4)5)13-11-17-43(19-15-31(37)38,20-16-32(39)40)18-12-14-28-22-26(10-2)24-30(34(28)42)36(6,7)8/h21-24,41-42H,9-20H2,1-8H3,(H,37,38)(H,39,40). The molecule has 4 N–H and O–H groups in total. The first-order chi connectivity index (χ1) is 19.9. The van der Waals surface area contributed by atoms with E-state index in [9.17, 15) is 30.0 Å². The van der Waals surface area contributed by atoms with Gasteiger partial charge >= 0.3 is 11.9 Å². The molecule has 0 fully saturated rings. The number of benzene rings is 2. The maximum Gasteiger partial charge on any atom is 0.304 e. The minimum Gasteiger partial charge on any atom is -0.507 e. The van der Waals surface area contributed by atoms with Crippen LogP contribution in [0.5, 0.6) is 11.5 Å². The van der Waals surface area contributed by atoms with E-state index in [-0.39, 0.29) is 23.7 Å². The van der Waals surface area contributed by atoms with Crippen molar-refractivity contribution in [2.45, 2.75) is 118 Å². The first-order valence-corrected chi connectivity index (χ1v) is 18.1. The largest absolute Gasteiger partial charge is 0.507 e. The van der Waals surface area contributed by atoms with Crippen LogP contribution in [0.2, 0.25) is 0 Å². The van der Waals surface area contributed by atoms with Crippen LogP contribution >= 0.6 is 10.0 Å². The third kappa shape index (κ3) is 10.8. The van der Waals surface area contributed by atoms with Gasteiger partial charge in [-0.1, -0.05) is 79.7 Å². The average molecular weight is 617 g/mol. The Labute approximate surface area is 261 Å². The monoisotopic (exact) mass is 616 g/mol. The van der Waals surface area contributed by atoms with Gasteiger partial charge in [0.05, 0.1) is 12.8 Å². The van der Waals surface area contributed by atoms with Crippen molar-refractivity contribution in [3.8, 4) is 11.5 Å². The SMILES string of the molecule is CCc1cc(CCCS(CCCc2cc(CC)cc(C(C)(C)C)c2O)(CCC(=O)O)CCC(=O)O)c(O)c(C(C)(C)C)c1. The Morgan fingerprint density at radius 2 is 0.977 bits per heavy atom. The van der Waals surface area contributed by atoms with Crippen LogP contribution in [0.25, 0.3) is 0 Å².